The Balaban J connectivity index is 1.66. The molecule has 0 atom stereocenters. The lowest BCUT2D eigenvalue weighted by Crippen LogP contribution is -2.41. The summed E-state index contributed by atoms with van der Waals surface area (Å²) in [6, 6.07) is 6.40. The molecule has 0 aliphatic carbocycles. The maximum absolute atomic E-state index is 6.19. The highest BCUT2D eigenvalue weighted by Gasteiger charge is 2.51. The first-order chi connectivity index (χ1) is 12.2. The van der Waals surface area contributed by atoms with E-state index < -0.39 is 0 Å². The first-order valence-corrected chi connectivity index (χ1v) is 10.1. The smallest absolute Gasteiger partial charge is 0.399 e. The molecule has 1 fully saturated rings. The van der Waals surface area contributed by atoms with Gasteiger partial charge in [-0.05, 0) is 71.3 Å². The van der Waals surface area contributed by atoms with Crippen LogP contribution in [-0.4, -0.2) is 48.3 Å². The Morgan fingerprint density at radius 2 is 1.85 bits per heavy atom. The van der Waals surface area contributed by atoms with Gasteiger partial charge < -0.3 is 14.2 Å². The van der Waals surface area contributed by atoms with Crippen LogP contribution < -0.4 is 5.46 Å². The molecule has 2 aliphatic heterocycles. The first kappa shape index (κ1) is 18.2. The summed E-state index contributed by atoms with van der Waals surface area (Å²) in [5, 5.41) is 1.16. The molecule has 2 aliphatic rings. The third-order valence-electron chi connectivity index (χ3n) is 5.96. The molecule has 138 valence electrons. The fourth-order valence-electron chi connectivity index (χ4n) is 3.58. The largest absolute Gasteiger partial charge is 0.494 e. The highest BCUT2D eigenvalue weighted by Crippen LogP contribution is 2.37. The minimum Gasteiger partial charge on any atom is -0.399 e. The van der Waals surface area contributed by atoms with Crippen LogP contribution in [0.25, 0.3) is 15.8 Å². The topological polar surface area (TPSA) is 34.6 Å². The Kier molecular flexibility index (Phi) is 4.31. The summed E-state index contributed by atoms with van der Waals surface area (Å²) in [7, 11) is 1.84. The highest BCUT2D eigenvalue weighted by molar-refractivity contribution is 7.19. The van der Waals surface area contributed by atoms with E-state index >= 15 is 0 Å². The number of hydrogen-bond acceptors (Lipinski definition) is 5. The highest BCUT2D eigenvalue weighted by atomic mass is 32.1. The van der Waals surface area contributed by atoms with E-state index in [1.54, 1.807) is 11.3 Å². The normalized spacial score (nSPS) is 23.2. The van der Waals surface area contributed by atoms with Crippen LogP contribution in [0.2, 0.25) is 0 Å². The molecule has 3 heterocycles. The summed E-state index contributed by atoms with van der Waals surface area (Å²) < 4.78 is 13.6. The van der Waals surface area contributed by atoms with Crippen molar-refractivity contribution in [1.29, 1.82) is 0 Å². The van der Waals surface area contributed by atoms with E-state index in [0.29, 0.717) is 0 Å². The predicted molar refractivity (Wildman–Crippen MR) is 110 cm³/mol. The van der Waals surface area contributed by atoms with Gasteiger partial charge in [-0.3, -0.25) is 0 Å². The van der Waals surface area contributed by atoms with E-state index in [1.807, 2.05) is 0 Å². The van der Waals surface area contributed by atoms with Crippen molar-refractivity contribution in [3.63, 3.8) is 0 Å². The van der Waals surface area contributed by atoms with Crippen LogP contribution in [0.3, 0.4) is 0 Å². The third kappa shape index (κ3) is 3.03. The van der Waals surface area contributed by atoms with Gasteiger partial charge in [0.2, 0.25) is 0 Å². The first-order valence-electron chi connectivity index (χ1n) is 9.30. The molecule has 1 aromatic carbocycles. The lowest BCUT2D eigenvalue weighted by Gasteiger charge is -2.32. The van der Waals surface area contributed by atoms with Gasteiger partial charge in [0.25, 0.3) is 0 Å². The molecule has 4 nitrogen and oxygen atoms in total. The SMILES string of the molecule is CC1=C(c2nc3cc(B4OC(C)(C)C(C)(C)O4)ccc3s2)CCN(C)C1. The van der Waals surface area contributed by atoms with Gasteiger partial charge in [0.05, 0.1) is 21.4 Å². The fraction of sp³-hybridized carbons (Fsp3) is 0.550. The molecule has 0 unspecified atom stereocenters. The van der Waals surface area contributed by atoms with Gasteiger partial charge in [-0.2, -0.15) is 0 Å². The van der Waals surface area contributed by atoms with Crippen LogP contribution in [0.4, 0.5) is 0 Å². The third-order valence-corrected chi connectivity index (χ3v) is 7.06. The number of hydrogen-bond donors (Lipinski definition) is 0. The van der Waals surface area contributed by atoms with Gasteiger partial charge in [0.1, 0.15) is 5.01 Å². The second kappa shape index (κ2) is 6.16. The molecule has 0 amide bonds. The minimum absolute atomic E-state index is 0.324. The van der Waals surface area contributed by atoms with E-state index in [-0.39, 0.29) is 18.3 Å². The maximum atomic E-state index is 6.19. The van der Waals surface area contributed by atoms with Crippen molar-refractivity contribution in [1.82, 2.24) is 9.88 Å². The number of fused-ring (bicyclic) bond motifs is 1. The summed E-state index contributed by atoms with van der Waals surface area (Å²) in [6.45, 7) is 12.7. The molecule has 0 N–H and O–H groups in total. The number of nitrogens with zero attached hydrogens (tertiary/aromatic N) is 2. The zero-order valence-corrected chi connectivity index (χ0v) is 17.4. The molecule has 6 heteroatoms. The number of aromatic nitrogens is 1. The molecule has 2 aromatic rings. The summed E-state index contributed by atoms with van der Waals surface area (Å²) in [5.41, 5.74) is 4.29. The summed E-state index contributed by atoms with van der Waals surface area (Å²) >= 11 is 1.79. The Labute approximate surface area is 160 Å². The molecular formula is C20H27BN2O2S. The van der Waals surface area contributed by atoms with Gasteiger partial charge in [-0.25, -0.2) is 4.98 Å². The van der Waals surface area contributed by atoms with Gasteiger partial charge in [0.15, 0.2) is 0 Å². The summed E-state index contributed by atoms with van der Waals surface area (Å²) in [5.74, 6) is 0. The molecule has 0 saturated carbocycles. The molecule has 0 spiro atoms. The molecule has 0 bridgehead atoms. The Morgan fingerprint density at radius 1 is 1.15 bits per heavy atom. The van der Waals surface area contributed by atoms with E-state index in [2.05, 4.69) is 64.8 Å². The van der Waals surface area contributed by atoms with Crippen LogP contribution in [0, 0.1) is 0 Å². The van der Waals surface area contributed by atoms with Gasteiger partial charge in [-0.15, -0.1) is 11.3 Å². The minimum atomic E-state index is -0.334. The van der Waals surface area contributed by atoms with Crippen LogP contribution in [0.5, 0.6) is 0 Å². The molecule has 1 aromatic heterocycles. The molecule has 0 radical (unpaired) electrons. The number of benzene rings is 1. The van der Waals surface area contributed by atoms with E-state index in [1.165, 1.54) is 15.8 Å². The quantitative estimate of drug-likeness (QED) is 0.755. The second-order valence-corrected chi connectivity index (χ2v) is 9.61. The van der Waals surface area contributed by atoms with Crippen molar-refractivity contribution >= 4 is 39.7 Å². The average molecular weight is 370 g/mol. The molecule has 4 rings (SSSR count). The van der Waals surface area contributed by atoms with E-state index in [4.69, 9.17) is 14.3 Å². The summed E-state index contributed by atoms with van der Waals surface area (Å²) in [4.78, 5) is 7.31. The molecular weight excluding hydrogens is 343 g/mol. The lowest BCUT2D eigenvalue weighted by molar-refractivity contribution is 0.00578. The van der Waals surface area contributed by atoms with Crippen molar-refractivity contribution < 1.29 is 9.31 Å². The zero-order valence-electron chi connectivity index (χ0n) is 16.5. The van der Waals surface area contributed by atoms with Crippen molar-refractivity contribution in [3.05, 3.63) is 28.8 Å². The maximum Gasteiger partial charge on any atom is 0.494 e. The van der Waals surface area contributed by atoms with Crippen molar-refractivity contribution in [2.75, 3.05) is 20.1 Å². The number of thiazole rings is 1. The Hall–Kier alpha value is -1.21. The summed E-state index contributed by atoms with van der Waals surface area (Å²) in [6.07, 6.45) is 1.08. The standard InChI is InChI=1S/C20H27BN2O2S/c1-13-12-23(6)10-9-15(13)18-22-16-11-14(7-8-17(16)26-18)21-24-19(2,3)20(4,5)25-21/h7-8,11H,9-10,12H2,1-6H3. The Bertz CT molecular complexity index is 871. The lowest BCUT2D eigenvalue weighted by atomic mass is 9.79. The molecule has 26 heavy (non-hydrogen) atoms. The molecule has 1 saturated heterocycles. The number of rotatable bonds is 2. The average Bonchev–Trinajstić information content (AvgIpc) is 3.04. The second-order valence-electron chi connectivity index (χ2n) is 8.58. The van der Waals surface area contributed by atoms with Crippen molar-refractivity contribution in [2.45, 2.75) is 52.2 Å². The van der Waals surface area contributed by atoms with Crippen LogP contribution in [-0.2, 0) is 9.31 Å². The van der Waals surface area contributed by atoms with Crippen LogP contribution in [0.15, 0.2) is 23.8 Å². The monoisotopic (exact) mass is 370 g/mol. The van der Waals surface area contributed by atoms with Gasteiger partial charge >= 0.3 is 7.12 Å². The van der Waals surface area contributed by atoms with E-state index in [9.17, 15) is 0 Å². The van der Waals surface area contributed by atoms with Crippen LogP contribution >= 0.6 is 11.3 Å². The van der Waals surface area contributed by atoms with Crippen molar-refractivity contribution in [2.24, 2.45) is 0 Å². The van der Waals surface area contributed by atoms with Crippen molar-refractivity contribution in [3.8, 4) is 0 Å². The fourth-order valence-corrected chi connectivity index (χ4v) is 4.68. The predicted octanol–water partition coefficient (Wildman–Crippen LogP) is 3.70. The zero-order chi connectivity index (χ0) is 18.7. The van der Waals surface area contributed by atoms with Gasteiger partial charge in [-0.1, -0.05) is 11.6 Å². The van der Waals surface area contributed by atoms with Crippen LogP contribution in [0.1, 0.15) is 46.0 Å². The van der Waals surface area contributed by atoms with E-state index in [0.717, 1.165) is 35.5 Å². The number of likely N-dealkylation sites (N-methyl/N-ethyl adjacent to an activating group) is 1. The van der Waals surface area contributed by atoms with Gasteiger partial charge in [0, 0.05) is 13.1 Å². The Morgan fingerprint density at radius 3 is 2.50 bits per heavy atom.